The molecule has 1 saturated carbocycles. The van der Waals surface area contributed by atoms with Crippen LogP contribution < -0.4 is 10.5 Å². The maximum Gasteiger partial charge on any atom is 0.433 e. The Kier molecular flexibility index (Phi) is 5.71. The number of hydrogen-bond acceptors (Lipinski definition) is 6. The van der Waals surface area contributed by atoms with E-state index in [9.17, 15) is 17.4 Å². The lowest BCUT2D eigenvalue weighted by Crippen LogP contribution is -2.19. The molecule has 0 aromatic carbocycles. The molecule has 0 amide bonds. The van der Waals surface area contributed by atoms with E-state index in [4.69, 9.17) is 9.32 Å². The molecule has 12 heteroatoms. The fourth-order valence-corrected chi connectivity index (χ4v) is 3.92. The van der Waals surface area contributed by atoms with Gasteiger partial charge in [-0.05, 0) is 43.4 Å². The number of fused-ring (bicyclic) bond motifs is 1. The third-order valence-corrected chi connectivity index (χ3v) is 5.34. The molecule has 1 aliphatic carbocycles. The lowest BCUT2D eigenvalue weighted by Gasteiger charge is -2.15. The molecule has 4 rings (SSSR count). The fraction of sp³-hybridized carbons (Fsp3) is 0.389. The van der Waals surface area contributed by atoms with Gasteiger partial charge in [0.2, 0.25) is 11.3 Å². The van der Waals surface area contributed by atoms with Crippen molar-refractivity contribution in [2.45, 2.75) is 31.5 Å². The summed E-state index contributed by atoms with van der Waals surface area (Å²) in [7, 11) is 0. The molecular formula is C18H19F3N6O2S. The molecule has 3 heterocycles. The minimum Gasteiger partial charge on any atom is -0.367 e. The minimum absolute atomic E-state index is 0.120. The number of nitrogens with one attached hydrogen (secondary N) is 1. The van der Waals surface area contributed by atoms with E-state index in [0.29, 0.717) is 23.8 Å². The summed E-state index contributed by atoms with van der Waals surface area (Å²) in [4.78, 5) is 7.93. The van der Waals surface area contributed by atoms with E-state index in [1.165, 1.54) is 12.1 Å². The summed E-state index contributed by atoms with van der Waals surface area (Å²) < 4.78 is 56.3. The Labute approximate surface area is 172 Å². The topological polar surface area (TPSA) is 107 Å². The van der Waals surface area contributed by atoms with Crippen molar-refractivity contribution >= 4 is 22.7 Å². The van der Waals surface area contributed by atoms with Crippen molar-refractivity contribution in [2.75, 3.05) is 11.9 Å². The number of pyridine rings is 1. The van der Waals surface area contributed by atoms with E-state index in [1.54, 1.807) is 22.8 Å². The summed E-state index contributed by atoms with van der Waals surface area (Å²) in [5.74, 6) is 0.919. The maximum absolute atomic E-state index is 13.0. The van der Waals surface area contributed by atoms with Crippen molar-refractivity contribution in [2.24, 2.45) is 11.1 Å². The van der Waals surface area contributed by atoms with Crippen LogP contribution in [0.25, 0.3) is 17.0 Å². The van der Waals surface area contributed by atoms with Crippen LogP contribution in [-0.4, -0.2) is 36.4 Å². The first-order valence-corrected chi connectivity index (χ1v) is 10.4. The van der Waals surface area contributed by atoms with Crippen molar-refractivity contribution in [1.82, 2.24) is 19.6 Å². The highest BCUT2D eigenvalue weighted by atomic mass is 32.2. The Hall–Kier alpha value is -2.57. The first-order valence-electron chi connectivity index (χ1n) is 9.25. The first kappa shape index (κ1) is 20.7. The molecule has 3 unspecified atom stereocenters. The van der Waals surface area contributed by atoms with E-state index in [-0.39, 0.29) is 17.7 Å². The molecule has 0 saturated heterocycles. The fourth-order valence-electron chi connectivity index (χ4n) is 3.59. The molecule has 3 N–H and O–H groups in total. The van der Waals surface area contributed by atoms with Crippen LogP contribution in [0.15, 0.2) is 36.5 Å². The molecule has 0 aliphatic heterocycles. The number of nitrogens with two attached hydrogens (primary N) is 1. The van der Waals surface area contributed by atoms with Crippen LogP contribution in [0.3, 0.4) is 0 Å². The van der Waals surface area contributed by atoms with Crippen molar-refractivity contribution in [3.05, 3.63) is 42.2 Å². The van der Waals surface area contributed by atoms with Crippen LogP contribution in [0, 0.1) is 5.92 Å². The highest BCUT2D eigenvalue weighted by molar-refractivity contribution is 7.77. The maximum atomic E-state index is 13.0. The van der Waals surface area contributed by atoms with Gasteiger partial charge in [-0.25, -0.2) is 19.3 Å². The molecule has 3 aromatic rings. The molecule has 0 spiro atoms. The van der Waals surface area contributed by atoms with Gasteiger partial charge in [-0.1, -0.05) is 6.07 Å². The van der Waals surface area contributed by atoms with E-state index in [0.717, 1.165) is 25.3 Å². The van der Waals surface area contributed by atoms with Crippen LogP contribution >= 0.6 is 0 Å². The smallest absolute Gasteiger partial charge is 0.367 e. The SMILES string of the molecule is NS(=O)OCC1CCC(Nc2ccnc3cc(-c4cccc(C(F)(F)F)n4)nn23)C1. The van der Waals surface area contributed by atoms with Gasteiger partial charge in [-0.15, -0.1) is 0 Å². The Morgan fingerprint density at radius 1 is 1.27 bits per heavy atom. The van der Waals surface area contributed by atoms with E-state index < -0.39 is 23.1 Å². The van der Waals surface area contributed by atoms with Gasteiger partial charge in [0.1, 0.15) is 17.2 Å². The summed E-state index contributed by atoms with van der Waals surface area (Å²) in [6.07, 6.45) is -0.320. The molecule has 0 radical (unpaired) electrons. The summed E-state index contributed by atoms with van der Waals surface area (Å²) >= 11 is -1.77. The third kappa shape index (κ3) is 4.60. The number of alkyl halides is 3. The molecule has 30 heavy (non-hydrogen) atoms. The van der Waals surface area contributed by atoms with Crippen molar-refractivity contribution < 1.29 is 21.6 Å². The minimum atomic E-state index is -4.53. The zero-order chi connectivity index (χ0) is 21.3. The Morgan fingerprint density at radius 3 is 2.87 bits per heavy atom. The molecule has 3 atom stereocenters. The van der Waals surface area contributed by atoms with Crippen LogP contribution in [0.2, 0.25) is 0 Å². The third-order valence-electron chi connectivity index (χ3n) is 4.97. The molecular weight excluding hydrogens is 421 g/mol. The predicted molar refractivity (Wildman–Crippen MR) is 104 cm³/mol. The normalized spacial score (nSPS) is 20.5. The van der Waals surface area contributed by atoms with Crippen LogP contribution in [0.4, 0.5) is 19.0 Å². The van der Waals surface area contributed by atoms with Crippen molar-refractivity contribution in [3.8, 4) is 11.4 Å². The Bertz CT molecular complexity index is 1070. The quantitative estimate of drug-likeness (QED) is 0.610. The van der Waals surface area contributed by atoms with Gasteiger partial charge in [0.25, 0.3) is 0 Å². The van der Waals surface area contributed by atoms with Gasteiger partial charge in [0, 0.05) is 18.3 Å². The van der Waals surface area contributed by atoms with E-state index in [2.05, 4.69) is 20.4 Å². The number of halogens is 3. The van der Waals surface area contributed by atoms with Gasteiger partial charge >= 0.3 is 6.18 Å². The molecule has 8 nitrogen and oxygen atoms in total. The van der Waals surface area contributed by atoms with E-state index in [1.807, 2.05) is 0 Å². The Morgan fingerprint density at radius 2 is 2.10 bits per heavy atom. The second-order valence-electron chi connectivity index (χ2n) is 7.10. The molecule has 3 aromatic heterocycles. The second kappa shape index (κ2) is 8.28. The standard InChI is InChI=1S/C18H19F3N6O2S/c19-18(20,21)15-3-1-2-13(25-15)14-9-17-23-7-6-16(27(17)26-14)24-12-5-4-11(8-12)10-29-30(22)28/h1-3,6-7,9,11-12,24H,4-5,8,10,22H2. The largest absolute Gasteiger partial charge is 0.433 e. The average Bonchev–Trinajstić information content (AvgIpc) is 3.33. The van der Waals surface area contributed by atoms with Crippen LogP contribution in [0.5, 0.6) is 0 Å². The molecule has 1 fully saturated rings. The first-order chi connectivity index (χ1) is 14.3. The monoisotopic (exact) mass is 440 g/mol. The molecule has 160 valence electrons. The number of rotatable bonds is 6. The summed E-state index contributed by atoms with van der Waals surface area (Å²) in [6.45, 7) is 0.334. The lowest BCUT2D eigenvalue weighted by atomic mass is 10.1. The van der Waals surface area contributed by atoms with Gasteiger partial charge in [-0.3, -0.25) is 4.18 Å². The summed E-state index contributed by atoms with van der Waals surface area (Å²) in [6, 6.07) is 7.20. The zero-order valence-electron chi connectivity index (χ0n) is 15.7. The van der Waals surface area contributed by atoms with Gasteiger partial charge in [0.05, 0.1) is 12.3 Å². The average molecular weight is 440 g/mol. The summed E-state index contributed by atoms with van der Waals surface area (Å²) in [5.41, 5.74) is -0.0632. The number of nitrogens with zero attached hydrogens (tertiary/aromatic N) is 4. The zero-order valence-corrected chi connectivity index (χ0v) is 16.5. The Balaban J connectivity index is 1.54. The second-order valence-corrected chi connectivity index (χ2v) is 7.86. The highest BCUT2D eigenvalue weighted by Crippen LogP contribution is 2.31. The number of hydrogen-bond donors (Lipinski definition) is 2. The predicted octanol–water partition coefficient (Wildman–Crippen LogP) is 2.94. The van der Waals surface area contributed by atoms with Gasteiger partial charge < -0.3 is 5.32 Å². The highest BCUT2D eigenvalue weighted by Gasteiger charge is 2.32. The van der Waals surface area contributed by atoms with E-state index >= 15 is 0 Å². The molecule has 1 aliphatic rings. The van der Waals surface area contributed by atoms with Gasteiger partial charge in [0.15, 0.2) is 5.65 Å². The van der Waals surface area contributed by atoms with Crippen molar-refractivity contribution in [1.29, 1.82) is 0 Å². The van der Waals surface area contributed by atoms with Crippen LogP contribution in [0.1, 0.15) is 25.0 Å². The van der Waals surface area contributed by atoms with Gasteiger partial charge in [-0.2, -0.15) is 22.8 Å². The number of aromatic nitrogens is 4. The van der Waals surface area contributed by atoms with Crippen LogP contribution in [-0.2, 0) is 21.6 Å². The lowest BCUT2D eigenvalue weighted by molar-refractivity contribution is -0.141. The van der Waals surface area contributed by atoms with Crippen molar-refractivity contribution in [3.63, 3.8) is 0 Å². The molecule has 0 bridgehead atoms. The summed E-state index contributed by atoms with van der Waals surface area (Å²) in [5, 5.41) is 12.9. The number of anilines is 1.